The van der Waals surface area contributed by atoms with E-state index < -0.39 is 10.0 Å². The van der Waals surface area contributed by atoms with Gasteiger partial charge in [-0.1, -0.05) is 13.0 Å². The van der Waals surface area contributed by atoms with E-state index in [4.69, 9.17) is 5.11 Å². The number of sulfonamides is 1. The van der Waals surface area contributed by atoms with E-state index in [0.29, 0.717) is 11.0 Å². The third-order valence-corrected chi connectivity index (χ3v) is 5.37. The molecule has 0 spiro atoms. The van der Waals surface area contributed by atoms with Gasteiger partial charge in [-0.3, -0.25) is 0 Å². The Morgan fingerprint density at radius 1 is 1.41 bits per heavy atom. The molecule has 0 amide bonds. The summed E-state index contributed by atoms with van der Waals surface area (Å²) in [6.07, 6.45) is 0. The fourth-order valence-corrected chi connectivity index (χ4v) is 3.96. The molecule has 0 bridgehead atoms. The highest BCUT2D eigenvalue weighted by atomic mass is 79.9. The van der Waals surface area contributed by atoms with E-state index in [1.54, 1.807) is 19.1 Å². The van der Waals surface area contributed by atoms with Crippen molar-refractivity contribution in [3.63, 3.8) is 0 Å². The summed E-state index contributed by atoms with van der Waals surface area (Å²) >= 11 is 3.25. The highest BCUT2D eigenvalue weighted by molar-refractivity contribution is 9.10. The molecular formula is C11H16BrNO3S. The average Bonchev–Trinajstić information content (AvgIpc) is 2.28. The van der Waals surface area contributed by atoms with Crippen LogP contribution < -0.4 is 0 Å². The van der Waals surface area contributed by atoms with E-state index in [1.165, 1.54) is 4.31 Å². The molecule has 0 aromatic heterocycles. The monoisotopic (exact) mass is 321 g/mol. The molecule has 4 nitrogen and oxygen atoms in total. The number of aryl methyl sites for hydroxylation is 1. The Morgan fingerprint density at radius 2 is 2.06 bits per heavy atom. The van der Waals surface area contributed by atoms with Gasteiger partial charge in [0, 0.05) is 17.6 Å². The van der Waals surface area contributed by atoms with Crippen LogP contribution in [0.4, 0.5) is 0 Å². The molecule has 96 valence electrons. The molecule has 1 aromatic rings. The van der Waals surface area contributed by atoms with Crippen LogP contribution in [0.25, 0.3) is 0 Å². The fraction of sp³-hybridized carbons (Fsp3) is 0.455. The zero-order chi connectivity index (χ0) is 13.1. The predicted octanol–water partition coefficient (Wildman–Crippen LogP) is 1.76. The topological polar surface area (TPSA) is 57.6 Å². The van der Waals surface area contributed by atoms with Crippen molar-refractivity contribution in [2.75, 3.05) is 19.7 Å². The Bertz CT molecular complexity index is 487. The van der Waals surface area contributed by atoms with E-state index in [1.807, 2.05) is 13.0 Å². The number of benzene rings is 1. The van der Waals surface area contributed by atoms with E-state index >= 15 is 0 Å². The summed E-state index contributed by atoms with van der Waals surface area (Å²) in [6.45, 7) is 3.85. The molecule has 0 unspecified atom stereocenters. The zero-order valence-corrected chi connectivity index (χ0v) is 12.3. The van der Waals surface area contributed by atoms with Crippen LogP contribution in [-0.2, 0) is 10.0 Å². The minimum absolute atomic E-state index is 0.110. The number of hydrogen-bond acceptors (Lipinski definition) is 3. The van der Waals surface area contributed by atoms with Crippen molar-refractivity contribution in [2.24, 2.45) is 0 Å². The van der Waals surface area contributed by atoms with Crippen molar-refractivity contribution >= 4 is 26.0 Å². The first-order valence-electron chi connectivity index (χ1n) is 5.30. The molecule has 0 fully saturated rings. The molecule has 0 heterocycles. The maximum atomic E-state index is 12.3. The average molecular weight is 322 g/mol. The highest BCUT2D eigenvalue weighted by Gasteiger charge is 2.24. The second-order valence-electron chi connectivity index (χ2n) is 3.65. The number of halogens is 1. The van der Waals surface area contributed by atoms with Crippen LogP contribution in [0.15, 0.2) is 27.6 Å². The lowest BCUT2D eigenvalue weighted by atomic mass is 10.2. The third kappa shape index (κ3) is 3.28. The van der Waals surface area contributed by atoms with Gasteiger partial charge in [0.05, 0.1) is 11.5 Å². The van der Waals surface area contributed by atoms with Crippen molar-refractivity contribution < 1.29 is 13.5 Å². The van der Waals surface area contributed by atoms with Gasteiger partial charge >= 0.3 is 0 Å². The first-order chi connectivity index (χ1) is 7.93. The number of hydrogen-bond donors (Lipinski definition) is 1. The molecule has 0 aliphatic carbocycles. The molecule has 1 aromatic carbocycles. The molecule has 17 heavy (non-hydrogen) atoms. The second-order valence-corrected chi connectivity index (χ2v) is 6.41. The normalized spacial score (nSPS) is 12.1. The van der Waals surface area contributed by atoms with Gasteiger partial charge in [-0.05, 0) is 40.5 Å². The lowest BCUT2D eigenvalue weighted by molar-refractivity contribution is 0.257. The molecule has 0 saturated heterocycles. The van der Waals surface area contributed by atoms with Gasteiger partial charge < -0.3 is 5.11 Å². The number of nitrogens with zero attached hydrogens (tertiary/aromatic N) is 1. The molecule has 0 radical (unpaired) electrons. The number of aliphatic hydroxyl groups excluding tert-OH is 1. The van der Waals surface area contributed by atoms with Gasteiger partial charge in [0.1, 0.15) is 0 Å². The maximum absolute atomic E-state index is 12.3. The van der Waals surface area contributed by atoms with Gasteiger partial charge in [-0.25, -0.2) is 8.42 Å². The summed E-state index contributed by atoms with van der Waals surface area (Å²) in [4.78, 5) is 0.243. The van der Waals surface area contributed by atoms with Crippen LogP contribution in [0.3, 0.4) is 0 Å². The Morgan fingerprint density at radius 3 is 2.59 bits per heavy atom. The Kier molecular flexibility index (Phi) is 5.12. The lowest BCUT2D eigenvalue weighted by Crippen LogP contribution is -2.33. The van der Waals surface area contributed by atoms with Crippen molar-refractivity contribution in [2.45, 2.75) is 18.7 Å². The first kappa shape index (κ1) is 14.6. The lowest BCUT2D eigenvalue weighted by Gasteiger charge is -2.20. The van der Waals surface area contributed by atoms with Crippen LogP contribution in [0.2, 0.25) is 0 Å². The first-order valence-corrected chi connectivity index (χ1v) is 7.54. The summed E-state index contributed by atoms with van der Waals surface area (Å²) < 4.78 is 26.4. The maximum Gasteiger partial charge on any atom is 0.244 e. The number of likely N-dealkylation sites (N-methyl/N-ethyl adjacent to an activating group) is 1. The highest BCUT2D eigenvalue weighted by Crippen LogP contribution is 2.25. The molecule has 6 heteroatoms. The summed E-state index contributed by atoms with van der Waals surface area (Å²) in [5.41, 5.74) is 0.881. The SMILES string of the molecule is CCN(CCO)S(=O)(=O)c1cc(C)ccc1Br. The molecule has 0 atom stereocenters. The Labute approximate surface area is 110 Å². The quantitative estimate of drug-likeness (QED) is 0.899. The van der Waals surface area contributed by atoms with Crippen molar-refractivity contribution in [3.05, 3.63) is 28.2 Å². The van der Waals surface area contributed by atoms with Crippen molar-refractivity contribution in [1.82, 2.24) is 4.31 Å². The van der Waals surface area contributed by atoms with E-state index in [2.05, 4.69) is 15.9 Å². The van der Waals surface area contributed by atoms with E-state index in [0.717, 1.165) is 5.56 Å². The zero-order valence-electron chi connectivity index (χ0n) is 9.85. The summed E-state index contributed by atoms with van der Waals surface area (Å²) in [5, 5.41) is 8.88. The van der Waals surface area contributed by atoms with Crippen LogP contribution in [0.1, 0.15) is 12.5 Å². The Hall–Kier alpha value is -0.430. The summed E-state index contributed by atoms with van der Waals surface area (Å²) in [6, 6.07) is 5.18. The van der Waals surface area contributed by atoms with Crippen LogP contribution in [0.5, 0.6) is 0 Å². The second kappa shape index (κ2) is 5.95. The molecule has 0 saturated carbocycles. The van der Waals surface area contributed by atoms with Gasteiger partial charge in [-0.15, -0.1) is 0 Å². The number of aliphatic hydroxyl groups is 1. The molecular weight excluding hydrogens is 306 g/mol. The Balaban J connectivity index is 3.24. The summed E-state index contributed by atoms with van der Waals surface area (Å²) in [5.74, 6) is 0. The minimum Gasteiger partial charge on any atom is -0.395 e. The summed E-state index contributed by atoms with van der Waals surface area (Å²) in [7, 11) is -3.54. The van der Waals surface area contributed by atoms with Gasteiger partial charge in [0.15, 0.2) is 0 Å². The largest absolute Gasteiger partial charge is 0.395 e. The van der Waals surface area contributed by atoms with Crippen LogP contribution in [0, 0.1) is 6.92 Å². The third-order valence-electron chi connectivity index (χ3n) is 2.41. The molecule has 0 aliphatic rings. The van der Waals surface area contributed by atoms with Gasteiger partial charge in [0.25, 0.3) is 0 Å². The van der Waals surface area contributed by atoms with Gasteiger partial charge in [-0.2, -0.15) is 4.31 Å². The van der Waals surface area contributed by atoms with Crippen LogP contribution >= 0.6 is 15.9 Å². The van der Waals surface area contributed by atoms with Gasteiger partial charge in [0.2, 0.25) is 10.0 Å². The van der Waals surface area contributed by atoms with E-state index in [9.17, 15) is 8.42 Å². The fourth-order valence-electron chi connectivity index (χ4n) is 1.51. The standard InChI is InChI=1S/C11H16BrNO3S/c1-3-13(6-7-14)17(15,16)11-8-9(2)4-5-10(11)12/h4-5,8,14H,3,6-7H2,1-2H3. The number of rotatable bonds is 5. The predicted molar refractivity (Wildman–Crippen MR) is 70.4 cm³/mol. The molecule has 1 N–H and O–H groups in total. The molecule has 0 aliphatic heterocycles. The van der Waals surface area contributed by atoms with E-state index in [-0.39, 0.29) is 18.0 Å². The van der Waals surface area contributed by atoms with Crippen molar-refractivity contribution in [3.8, 4) is 0 Å². The van der Waals surface area contributed by atoms with Crippen molar-refractivity contribution in [1.29, 1.82) is 0 Å². The smallest absolute Gasteiger partial charge is 0.244 e. The minimum atomic E-state index is -3.54. The van der Waals surface area contributed by atoms with Crippen LogP contribution in [-0.4, -0.2) is 37.5 Å². The molecule has 1 rings (SSSR count).